The van der Waals surface area contributed by atoms with Crippen LogP contribution in [0.2, 0.25) is 0 Å². The largest absolute Gasteiger partial charge is 0.377 e. The SMILES string of the molecule is C[C@@H]1COCCN1c1c(F)c(N2C3CCC2COC3)nc2c1c(I)nn2-c1ccn(C2CCCCO2)n1. The van der Waals surface area contributed by atoms with Gasteiger partial charge in [-0.15, -0.1) is 0 Å². The molecule has 3 aromatic heterocycles. The molecule has 0 spiro atoms. The summed E-state index contributed by atoms with van der Waals surface area (Å²) in [6.07, 6.45) is 6.96. The van der Waals surface area contributed by atoms with Crippen LogP contribution in [0.3, 0.4) is 0 Å². The van der Waals surface area contributed by atoms with Crippen LogP contribution in [0.5, 0.6) is 0 Å². The zero-order chi connectivity index (χ0) is 25.1. The first-order chi connectivity index (χ1) is 18.1. The molecule has 4 fully saturated rings. The Labute approximate surface area is 228 Å². The van der Waals surface area contributed by atoms with E-state index in [1.54, 1.807) is 4.68 Å². The number of morpholine rings is 2. The molecule has 4 saturated heterocycles. The number of halogens is 2. The number of aromatic nitrogens is 5. The lowest BCUT2D eigenvalue weighted by atomic mass is 10.1. The number of hydrogen-bond donors (Lipinski definition) is 0. The van der Waals surface area contributed by atoms with Crippen molar-refractivity contribution in [2.24, 2.45) is 0 Å². The van der Waals surface area contributed by atoms with Gasteiger partial charge in [-0.1, -0.05) is 0 Å². The van der Waals surface area contributed by atoms with Crippen molar-refractivity contribution >= 4 is 45.1 Å². The van der Waals surface area contributed by atoms with Gasteiger partial charge in [0.2, 0.25) is 0 Å². The second-order valence-electron chi connectivity index (χ2n) is 10.4. The Balaban J connectivity index is 1.40. The molecule has 12 heteroatoms. The van der Waals surface area contributed by atoms with Gasteiger partial charge >= 0.3 is 0 Å². The lowest BCUT2D eigenvalue weighted by Gasteiger charge is -2.39. The fourth-order valence-electron chi connectivity index (χ4n) is 6.22. The molecule has 0 N–H and O–H groups in total. The van der Waals surface area contributed by atoms with Gasteiger partial charge in [0.15, 0.2) is 23.1 Å². The van der Waals surface area contributed by atoms with Gasteiger partial charge < -0.3 is 24.0 Å². The van der Waals surface area contributed by atoms with Crippen LogP contribution in [0.15, 0.2) is 12.3 Å². The highest BCUT2D eigenvalue weighted by atomic mass is 127. The van der Waals surface area contributed by atoms with Crippen molar-refractivity contribution < 1.29 is 18.6 Å². The molecule has 0 aromatic carbocycles. The van der Waals surface area contributed by atoms with Crippen molar-refractivity contribution in [1.82, 2.24) is 24.5 Å². The summed E-state index contributed by atoms with van der Waals surface area (Å²) in [4.78, 5) is 9.27. The maximum atomic E-state index is 16.7. The lowest BCUT2D eigenvalue weighted by Crippen LogP contribution is -2.47. The minimum absolute atomic E-state index is 0.0323. The minimum Gasteiger partial charge on any atom is -0.377 e. The number of pyridine rings is 1. The quantitative estimate of drug-likeness (QED) is 0.408. The van der Waals surface area contributed by atoms with Gasteiger partial charge in [0.25, 0.3) is 0 Å². The first-order valence-electron chi connectivity index (χ1n) is 13.3. The zero-order valence-corrected chi connectivity index (χ0v) is 23.0. The Morgan fingerprint density at radius 1 is 1.03 bits per heavy atom. The topological polar surface area (TPSA) is 82.7 Å². The van der Waals surface area contributed by atoms with E-state index in [0.29, 0.717) is 59.6 Å². The van der Waals surface area contributed by atoms with E-state index in [4.69, 9.17) is 29.4 Å². The molecule has 0 aliphatic carbocycles. The molecule has 0 saturated carbocycles. The standard InChI is InChI=1S/C25H31FIN7O3/c1-15-12-35-11-9-31(15)22-20-23(27)30-34(18-7-8-32(29-18)19-4-2-3-10-37-19)24(20)28-25(21(22)26)33-16-5-6-17(33)14-36-13-16/h7-8,15-17,19H,2-6,9-14H2,1H3/t15-,16?,17?,19?/m1/s1. The highest BCUT2D eigenvalue weighted by Crippen LogP contribution is 2.42. The Morgan fingerprint density at radius 3 is 2.62 bits per heavy atom. The Kier molecular flexibility index (Phi) is 6.25. The van der Waals surface area contributed by atoms with E-state index in [1.807, 2.05) is 16.9 Å². The van der Waals surface area contributed by atoms with Crippen molar-refractivity contribution in [3.63, 3.8) is 0 Å². The van der Waals surface area contributed by atoms with E-state index < -0.39 is 0 Å². The van der Waals surface area contributed by atoms with Gasteiger partial charge in [0, 0.05) is 31.5 Å². The third-order valence-electron chi connectivity index (χ3n) is 8.07. The molecule has 198 valence electrons. The number of ether oxygens (including phenoxy) is 3. The molecule has 0 amide bonds. The van der Waals surface area contributed by atoms with Crippen molar-refractivity contribution in [2.45, 2.75) is 63.4 Å². The molecule has 7 rings (SSSR count). The number of anilines is 2. The maximum Gasteiger partial charge on any atom is 0.189 e. The minimum atomic E-state index is -0.279. The summed E-state index contributed by atoms with van der Waals surface area (Å²) >= 11 is 2.20. The van der Waals surface area contributed by atoms with Crippen LogP contribution in [-0.4, -0.2) is 82.2 Å². The van der Waals surface area contributed by atoms with Gasteiger partial charge in [0.1, 0.15) is 9.93 Å². The van der Waals surface area contributed by atoms with Gasteiger partial charge in [-0.05, 0) is 61.6 Å². The number of rotatable bonds is 4. The van der Waals surface area contributed by atoms with Crippen LogP contribution < -0.4 is 9.80 Å². The fourth-order valence-corrected chi connectivity index (χ4v) is 6.94. The van der Waals surface area contributed by atoms with E-state index in [-0.39, 0.29) is 30.2 Å². The van der Waals surface area contributed by atoms with Crippen LogP contribution in [0.1, 0.15) is 45.3 Å². The predicted molar refractivity (Wildman–Crippen MR) is 144 cm³/mol. The monoisotopic (exact) mass is 623 g/mol. The molecule has 3 aromatic rings. The normalized spacial score (nSPS) is 28.4. The molecular formula is C25H31FIN7O3. The van der Waals surface area contributed by atoms with Crippen molar-refractivity contribution in [3.8, 4) is 5.82 Å². The van der Waals surface area contributed by atoms with Crippen molar-refractivity contribution in [3.05, 3.63) is 21.8 Å². The Morgan fingerprint density at radius 2 is 1.86 bits per heavy atom. The van der Waals surface area contributed by atoms with E-state index in [0.717, 1.165) is 44.1 Å². The number of fused-ring (bicyclic) bond motifs is 3. The van der Waals surface area contributed by atoms with Crippen LogP contribution in [-0.2, 0) is 14.2 Å². The van der Waals surface area contributed by atoms with Crippen molar-refractivity contribution in [1.29, 1.82) is 0 Å². The Bertz CT molecular complexity index is 1290. The first-order valence-corrected chi connectivity index (χ1v) is 14.3. The summed E-state index contributed by atoms with van der Waals surface area (Å²) in [5.41, 5.74) is 1.18. The van der Waals surface area contributed by atoms with E-state index >= 15 is 4.39 Å². The predicted octanol–water partition coefficient (Wildman–Crippen LogP) is 3.65. The summed E-state index contributed by atoms with van der Waals surface area (Å²) in [7, 11) is 0. The number of hydrogen-bond acceptors (Lipinski definition) is 8. The van der Waals surface area contributed by atoms with Gasteiger partial charge in [0.05, 0.1) is 49.6 Å². The fraction of sp³-hybridized carbons (Fsp3) is 0.640. The van der Waals surface area contributed by atoms with Gasteiger partial charge in [-0.25, -0.2) is 14.1 Å². The van der Waals surface area contributed by atoms with Crippen LogP contribution >= 0.6 is 22.6 Å². The smallest absolute Gasteiger partial charge is 0.189 e. The molecule has 4 aliphatic rings. The van der Waals surface area contributed by atoms with Crippen LogP contribution in [0.4, 0.5) is 15.9 Å². The second-order valence-corrected chi connectivity index (χ2v) is 11.4. The van der Waals surface area contributed by atoms with Gasteiger partial charge in [-0.3, -0.25) is 0 Å². The van der Waals surface area contributed by atoms with Crippen LogP contribution in [0.25, 0.3) is 16.9 Å². The Hall–Kier alpha value is -2.03. The average Bonchev–Trinajstić information content (AvgIpc) is 3.59. The van der Waals surface area contributed by atoms with E-state index in [1.165, 1.54) is 0 Å². The third-order valence-corrected chi connectivity index (χ3v) is 8.83. The highest BCUT2D eigenvalue weighted by Gasteiger charge is 2.41. The molecule has 4 aliphatic heterocycles. The summed E-state index contributed by atoms with van der Waals surface area (Å²) in [6.45, 7) is 5.74. The number of nitrogens with zero attached hydrogens (tertiary/aromatic N) is 7. The van der Waals surface area contributed by atoms with Gasteiger partial charge in [-0.2, -0.15) is 14.9 Å². The molecule has 7 heterocycles. The average molecular weight is 623 g/mol. The molecule has 0 radical (unpaired) electrons. The lowest BCUT2D eigenvalue weighted by molar-refractivity contribution is -0.0395. The third kappa shape index (κ3) is 4.02. The molecule has 2 bridgehead atoms. The van der Waals surface area contributed by atoms with Crippen LogP contribution in [0, 0.1) is 9.52 Å². The molecule has 10 nitrogen and oxygen atoms in total. The second kappa shape index (κ2) is 9.62. The zero-order valence-electron chi connectivity index (χ0n) is 20.9. The maximum absolute atomic E-state index is 16.7. The van der Waals surface area contributed by atoms with E-state index in [2.05, 4.69) is 39.3 Å². The highest BCUT2D eigenvalue weighted by molar-refractivity contribution is 14.1. The molecule has 3 unspecified atom stereocenters. The van der Waals surface area contributed by atoms with E-state index in [9.17, 15) is 0 Å². The summed E-state index contributed by atoms with van der Waals surface area (Å²) in [5.74, 6) is 0.765. The molecular weight excluding hydrogens is 592 g/mol. The summed E-state index contributed by atoms with van der Waals surface area (Å²) in [5, 5.41) is 10.4. The van der Waals surface area contributed by atoms with Crippen molar-refractivity contribution in [2.75, 3.05) is 49.4 Å². The summed E-state index contributed by atoms with van der Waals surface area (Å²) in [6, 6.07) is 2.23. The summed E-state index contributed by atoms with van der Waals surface area (Å²) < 4.78 is 38.4. The first kappa shape index (κ1) is 24.0. The molecule has 37 heavy (non-hydrogen) atoms. The molecule has 4 atom stereocenters.